The van der Waals surface area contributed by atoms with E-state index in [9.17, 15) is 4.79 Å². The second-order valence-electron chi connectivity index (χ2n) is 6.61. The summed E-state index contributed by atoms with van der Waals surface area (Å²) in [4.78, 5) is 15.5. The smallest absolute Gasteiger partial charge is 0.243 e. The van der Waals surface area contributed by atoms with E-state index >= 15 is 0 Å². The van der Waals surface area contributed by atoms with Crippen molar-refractivity contribution in [1.29, 1.82) is 0 Å². The average molecular weight is 392 g/mol. The summed E-state index contributed by atoms with van der Waals surface area (Å²) in [5, 5.41) is 6.19. The summed E-state index contributed by atoms with van der Waals surface area (Å²) in [7, 11) is 4.01. The topological polar surface area (TPSA) is 44.4 Å². The van der Waals surface area contributed by atoms with Gasteiger partial charge < -0.3 is 15.5 Å². The number of rotatable bonds is 8. The molecule has 0 fully saturated rings. The summed E-state index contributed by atoms with van der Waals surface area (Å²) in [6.45, 7) is 0.221. The first-order valence-corrected chi connectivity index (χ1v) is 10.2. The van der Waals surface area contributed by atoms with Crippen molar-refractivity contribution >= 4 is 34.7 Å². The van der Waals surface area contributed by atoms with Crippen molar-refractivity contribution in [2.45, 2.75) is 10.6 Å². The van der Waals surface area contributed by atoms with Gasteiger partial charge in [-0.25, -0.2) is 0 Å². The molecule has 4 nitrogen and oxygen atoms in total. The highest BCUT2D eigenvalue weighted by Gasteiger charge is 2.07. The third-order valence-corrected chi connectivity index (χ3v) is 5.38. The molecule has 0 radical (unpaired) electrons. The number of amides is 1. The lowest BCUT2D eigenvalue weighted by molar-refractivity contribution is -0.114. The molecule has 1 amide bonds. The Bertz CT molecular complexity index is 895. The summed E-state index contributed by atoms with van der Waals surface area (Å²) >= 11 is 1.72. The maximum atomic E-state index is 12.4. The number of hydrogen-bond acceptors (Lipinski definition) is 4. The quantitative estimate of drug-likeness (QED) is 0.525. The minimum absolute atomic E-state index is 0.0653. The fourth-order valence-corrected chi connectivity index (χ4v) is 3.65. The maximum absolute atomic E-state index is 12.4. The molecular formula is C23H25N3OS. The van der Waals surface area contributed by atoms with Gasteiger partial charge in [-0.1, -0.05) is 42.5 Å². The number of anilines is 3. The standard InChI is InChI=1S/C23H25N3OS/c1-26(2)20-14-12-19(13-15-20)24-16-23(27)25-21-10-6-7-11-22(21)28-17-18-8-4-3-5-9-18/h3-15,24H,16-17H2,1-2H3,(H,25,27). The molecule has 0 aliphatic rings. The SMILES string of the molecule is CN(C)c1ccc(NCC(=O)Nc2ccccc2SCc2ccccc2)cc1. The van der Waals surface area contributed by atoms with Gasteiger partial charge in [-0.15, -0.1) is 11.8 Å². The zero-order chi connectivity index (χ0) is 19.8. The summed E-state index contributed by atoms with van der Waals surface area (Å²) in [6, 6.07) is 26.2. The van der Waals surface area contributed by atoms with Crippen molar-refractivity contribution in [2.24, 2.45) is 0 Å². The maximum Gasteiger partial charge on any atom is 0.243 e. The van der Waals surface area contributed by atoms with Crippen molar-refractivity contribution in [1.82, 2.24) is 0 Å². The third kappa shape index (κ3) is 5.79. The predicted molar refractivity (Wildman–Crippen MR) is 120 cm³/mol. The molecule has 144 valence electrons. The molecule has 0 unspecified atom stereocenters. The fourth-order valence-electron chi connectivity index (χ4n) is 2.69. The molecule has 0 bridgehead atoms. The summed E-state index contributed by atoms with van der Waals surface area (Å²) in [5.41, 5.74) is 4.15. The van der Waals surface area contributed by atoms with E-state index in [1.165, 1.54) is 5.56 Å². The first-order valence-electron chi connectivity index (χ1n) is 9.19. The molecule has 3 rings (SSSR count). The second-order valence-corrected chi connectivity index (χ2v) is 7.63. The van der Waals surface area contributed by atoms with Gasteiger partial charge in [0.1, 0.15) is 0 Å². The molecule has 28 heavy (non-hydrogen) atoms. The number of carbonyl (C=O) groups excluding carboxylic acids is 1. The Morgan fingerprint density at radius 2 is 1.57 bits per heavy atom. The monoisotopic (exact) mass is 391 g/mol. The molecule has 0 saturated heterocycles. The Labute approximate surface area is 171 Å². The third-order valence-electron chi connectivity index (χ3n) is 4.24. The van der Waals surface area contributed by atoms with Gasteiger partial charge in [0.15, 0.2) is 0 Å². The van der Waals surface area contributed by atoms with Crippen LogP contribution in [0.25, 0.3) is 0 Å². The largest absolute Gasteiger partial charge is 0.378 e. The number of benzene rings is 3. The fraction of sp³-hybridized carbons (Fsp3) is 0.174. The molecule has 5 heteroatoms. The lowest BCUT2D eigenvalue weighted by Crippen LogP contribution is -2.22. The van der Waals surface area contributed by atoms with Crippen LogP contribution in [0.1, 0.15) is 5.56 Å². The molecule has 2 N–H and O–H groups in total. The first kappa shape index (κ1) is 19.8. The zero-order valence-corrected chi connectivity index (χ0v) is 17.0. The van der Waals surface area contributed by atoms with Crippen LogP contribution in [0.3, 0.4) is 0 Å². The van der Waals surface area contributed by atoms with E-state index < -0.39 is 0 Å². The molecule has 0 aliphatic heterocycles. The first-order chi connectivity index (χ1) is 13.6. The normalized spacial score (nSPS) is 10.4. The molecular weight excluding hydrogens is 366 g/mol. The summed E-state index contributed by atoms with van der Waals surface area (Å²) in [6.07, 6.45) is 0. The van der Waals surface area contributed by atoms with Crippen molar-refractivity contribution in [3.63, 3.8) is 0 Å². The average Bonchev–Trinajstić information content (AvgIpc) is 2.72. The van der Waals surface area contributed by atoms with E-state index in [4.69, 9.17) is 0 Å². The summed E-state index contributed by atoms with van der Waals surface area (Å²) < 4.78 is 0. The molecule has 0 aliphatic carbocycles. The second kappa shape index (κ2) is 9.85. The van der Waals surface area contributed by atoms with E-state index in [2.05, 4.69) is 22.8 Å². The van der Waals surface area contributed by atoms with Crippen molar-refractivity contribution < 1.29 is 4.79 Å². The molecule has 0 heterocycles. The van der Waals surface area contributed by atoms with Gasteiger partial charge in [-0.05, 0) is 42.0 Å². The highest BCUT2D eigenvalue weighted by molar-refractivity contribution is 7.98. The van der Waals surface area contributed by atoms with Crippen LogP contribution in [-0.2, 0) is 10.5 Å². The van der Waals surface area contributed by atoms with Gasteiger partial charge in [0.2, 0.25) is 5.91 Å². The number of nitrogens with one attached hydrogen (secondary N) is 2. The van der Waals surface area contributed by atoms with Gasteiger partial charge >= 0.3 is 0 Å². The summed E-state index contributed by atoms with van der Waals surface area (Å²) in [5.74, 6) is 0.800. The van der Waals surface area contributed by atoms with Crippen molar-refractivity contribution in [2.75, 3.05) is 36.2 Å². The minimum Gasteiger partial charge on any atom is -0.378 e. The van der Waals surface area contributed by atoms with Crippen LogP contribution in [0.15, 0.2) is 83.8 Å². The van der Waals surface area contributed by atoms with Crippen LogP contribution in [0.5, 0.6) is 0 Å². The van der Waals surface area contributed by atoms with Gasteiger partial charge in [0, 0.05) is 36.1 Å². The minimum atomic E-state index is -0.0653. The Kier molecular flexibility index (Phi) is 6.98. The van der Waals surface area contributed by atoms with Gasteiger partial charge in [0.25, 0.3) is 0 Å². The van der Waals surface area contributed by atoms with Gasteiger partial charge in [-0.3, -0.25) is 4.79 Å². The van der Waals surface area contributed by atoms with Crippen LogP contribution in [-0.4, -0.2) is 26.5 Å². The molecule has 0 atom stereocenters. The molecule has 0 aromatic heterocycles. The number of para-hydroxylation sites is 1. The van der Waals surface area contributed by atoms with E-state index in [1.807, 2.05) is 85.7 Å². The van der Waals surface area contributed by atoms with Crippen molar-refractivity contribution in [3.05, 3.63) is 84.4 Å². The number of nitrogens with zero attached hydrogens (tertiary/aromatic N) is 1. The Balaban J connectivity index is 1.55. The predicted octanol–water partition coefficient (Wildman–Crippen LogP) is 5.10. The lowest BCUT2D eigenvalue weighted by Gasteiger charge is -2.14. The van der Waals surface area contributed by atoms with E-state index in [0.717, 1.165) is 27.7 Å². The van der Waals surface area contributed by atoms with E-state index in [-0.39, 0.29) is 12.5 Å². The Morgan fingerprint density at radius 3 is 2.29 bits per heavy atom. The van der Waals surface area contributed by atoms with Crippen molar-refractivity contribution in [3.8, 4) is 0 Å². The Morgan fingerprint density at radius 1 is 0.893 bits per heavy atom. The number of hydrogen-bond donors (Lipinski definition) is 2. The van der Waals surface area contributed by atoms with E-state index in [1.54, 1.807) is 11.8 Å². The highest BCUT2D eigenvalue weighted by Crippen LogP contribution is 2.29. The zero-order valence-electron chi connectivity index (χ0n) is 16.2. The van der Waals surface area contributed by atoms with Crippen LogP contribution < -0.4 is 15.5 Å². The van der Waals surface area contributed by atoms with Gasteiger partial charge in [-0.2, -0.15) is 0 Å². The van der Waals surface area contributed by atoms with E-state index in [0.29, 0.717) is 0 Å². The number of thioether (sulfide) groups is 1. The molecule has 3 aromatic carbocycles. The van der Waals surface area contributed by atoms with Crippen LogP contribution in [0.2, 0.25) is 0 Å². The number of carbonyl (C=O) groups is 1. The van der Waals surface area contributed by atoms with Crippen LogP contribution in [0, 0.1) is 0 Å². The van der Waals surface area contributed by atoms with Crippen LogP contribution >= 0.6 is 11.8 Å². The molecule has 0 spiro atoms. The van der Waals surface area contributed by atoms with Crippen LogP contribution in [0.4, 0.5) is 17.1 Å². The van der Waals surface area contributed by atoms with Gasteiger partial charge in [0.05, 0.1) is 12.2 Å². The Hall–Kier alpha value is -2.92. The molecule has 0 saturated carbocycles. The lowest BCUT2D eigenvalue weighted by atomic mass is 10.2. The highest BCUT2D eigenvalue weighted by atomic mass is 32.2. The molecule has 3 aromatic rings.